The molecule has 0 bridgehead atoms. The zero-order valence-corrected chi connectivity index (χ0v) is 7.91. The van der Waals surface area contributed by atoms with Gasteiger partial charge in [0.15, 0.2) is 11.5 Å². The Balaban J connectivity index is 2.64. The zero-order chi connectivity index (χ0) is 9.52. The Kier molecular flexibility index (Phi) is 3.89. The molecule has 2 nitrogen and oxygen atoms in total. The Morgan fingerprint density at radius 1 is 1.46 bits per heavy atom. The van der Waals surface area contributed by atoms with Crippen LogP contribution in [-0.2, 0) is 0 Å². The first-order chi connectivity index (χ1) is 6.38. The van der Waals surface area contributed by atoms with E-state index < -0.39 is 0 Å². The van der Waals surface area contributed by atoms with Crippen LogP contribution in [0.4, 0.5) is 0 Å². The monoisotopic (exact) mass is 177 g/mol. The first-order valence-corrected chi connectivity index (χ1v) is 4.16. The van der Waals surface area contributed by atoms with Crippen molar-refractivity contribution in [2.24, 2.45) is 0 Å². The topological polar surface area (TPSA) is 18.5 Å². The minimum atomic E-state index is 0.566. The van der Waals surface area contributed by atoms with Crippen molar-refractivity contribution in [3.05, 3.63) is 36.4 Å². The van der Waals surface area contributed by atoms with Crippen molar-refractivity contribution < 1.29 is 9.47 Å². The van der Waals surface area contributed by atoms with Gasteiger partial charge >= 0.3 is 0 Å². The zero-order valence-electron chi connectivity index (χ0n) is 7.91. The van der Waals surface area contributed by atoms with Crippen molar-refractivity contribution >= 4 is 0 Å². The number of benzene rings is 1. The van der Waals surface area contributed by atoms with Gasteiger partial charge in [0.1, 0.15) is 6.61 Å². The highest BCUT2D eigenvalue weighted by Gasteiger charge is 1.99. The molecule has 0 aliphatic carbocycles. The largest absolute Gasteiger partial charge is 0.493 e. The number of hydrogen-bond acceptors (Lipinski definition) is 2. The molecule has 69 valence electrons. The number of allylic oxidation sites excluding steroid dienone is 1. The van der Waals surface area contributed by atoms with Crippen molar-refractivity contribution in [3.63, 3.8) is 0 Å². The molecule has 0 heterocycles. The lowest BCUT2D eigenvalue weighted by molar-refractivity contribution is 0.326. The van der Waals surface area contributed by atoms with Gasteiger partial charge in [-0.15, -0.1) is 0 Å². The third kappa shape index (κ3) is 2.82. The van der Waals surface area contributed by atoms with Crippen molar-refractivity contribution in [2.45, 2.75) is 6.92 Å². The Morgan fingerprint density at radius 2 is 2.31 bits per heavy atom. The lowest BCUT2D eigenvalue weighted by Crippen LogP contribution is -1.95. The van der Waals surface area contributed by atoms with Crippen LogP contribution in [0.25, 0.3) is 0 Å². The van der Waals surface area contributed by atoms with Gasteiger partial charge in [-0.05, 0) is 25.1 Å². The van der Waals surface area contributed by atoms with Gasteiger partial charge in [-0.3, -0.25) is 0 Å². The maximum absolute atomic E-state index is 5.44. The summed E-state index contributed by atoms with van der Waals surface area (Å²) in [6.45, 7) is 2.52. The molecule has 0 saturated carbocycles. The molecule has 0 amide bonds. The predicted octanol–water partition coefficient (Wildman–Crippen LogP) is 2.45. The highest BCUT2D eigenvalue weighted by molar-refractivity contribution is 5.38. The third-order valence-electron chi connectivity index (χ3n) is 1.58. The highest BCUT2D eigenvalue weighted by atomic mass is 16.5. The molecule has 1 radical (unpaired) electrons. The van der Waals surface area contributed by atoms with Crippen LogP contribution in [0.1, 0.15) is 6.92 Å². The smallest absolute Gasteiger partial charge is 0.161 e. The Hall–Kier alpha value is -1.44. The minimum absolute atomic E-state index is 0.566. The van der Waals surface area contributed by atoms with Crippen LogP contribution in [0.3, 0.4) is 0 Å². The number of hydrogen-bond donors (Lipinski definition) is 0. The van der Waals surface area contributed by atoms with E-state index >= 15 is 0 Å². The molecule has 0 aliphatic heterocycles. The lowest BCUT2D eigenvalue weighted by Gasteiger charge is -2.07. The molecule has 0 N–H and O–H groups in total. The van der Waals surface area contributed by atoms with E-state index in [4.69, 9.17) is 9.47 Å². The highest BCUT2D eigenvalue weighted by Crippen LogP contribution is 2.25. The van der Waals surface area contributed by atoms with E-state index in [-0.39, 0.29) is 0 Å². The first-order valence-electron chi connectivity index (χ1n) is 4.16. The molecule has 0 aromatic heterocycles. The maximum Gasteiger partial charge on any atom is 0.161 e. The second kappa shape index (κ2) is 5.25. The Bertz CT molecular complexity index is 279. The normalized spacial score (nSPS) is 10.3. The van der Waals surface area contributed by atoms with E-state index in [1.165, 1.54) is 0 Å². The van der Waals surface area contributed by atoms with Gasteiger partial charge < -0.3 is 9.47 Å². The average Bonchev–Trinajstić information content (AvgIpc) is 2.19. The molecule has 0 fully saturated rings. The molecule has 0 saturated heterocycles. The fourth-order valence-electron chi connectivity index (χ4n) is 0.914. The first kappa shape index (κ1) is 9.65. The van der Waals surface area contributed by atoms with Crippen LogP contribution in [0, 0.1) is 6.07 Å². The van der Waals surface area contributed by atoms with Crippen molar-refractivity contribution in [1.82, 2.24) is 0 Å². The van der Waals surface area contributed by atoms with Crippen LogP contribution in [0.5, 0.6) is 11.5 Å². The van der Waals surface area contributed by atoms with Crippen LogP contribution in [0.2, 0.25) is 0 Å². The summed E-state index contributed by atoms with van der Waals surface area (Å²) in [5, 5.41) is 0. The molecule has 1 aromatic carbocycles. The molecule has 13 heavy (non-hydrogen) atoms. The summed E-state index contributed by atoms with van der Waals surface area (Å²) >= 11 is 0. The fraction of sp³-hybridized carbons (Fsp3) is 0.273. The summed E-state index contributed by atoms with van der Waals surface area (Å²) in [5.41, 5.74) is 0. The molecule has 0 atom stereocenters. The summed E-state index contributed by atoms with van der Waals surface area (Å²) in [6.07, 6.45) is 3.89. The summed E-state index contributed by atoms with van der Waals surface area (Å²) in [7, 11) is 1.62. The van der Waals surface area contributed by atoms with Crippen LogP contribution < -0.4 is 9.47 Å². The van der Waals surface area contributed by atoms with Gasteiger partial charge in [-0.2, -0.15) is 0 Å². The van der Waals surface area contributed by atoms with Gasteiger partial charge in [0.05, 0.1) is 7.11 Å². The molecular formula is C11H13O2. The standard InChI is InChI=1S/C11H13O2/c1-3-4-9-13-11-8-6-5-7-10(11)12-2/h3-4,6-8H,9H2,1-2H3. The van der Waals surface area contributed by atoms with Gasteiger partial charge in [0.25, 0.3) is 0 Å². The second-order valence-electron chi connectivity index (χ2n) is 2.46. The molecule has 1 rings (SSSR count). The molecule has 0 aliphatic rings. The minimum Gasteiger partial charge on any atom is -0.493 e. The van der Waals surface area contributed by atoms with E-state index in [1.54, 1.807) is 19.2 Å². The lowest BCUT2D eigenvalue weighted by atomic mass is 10.3. The Morgan fingerprint density at radius 3 is 3.00 bits per heavy atom. The van der Waals surface area contributed by atoms with Gasteiger partial charge in [-0.25, -0.2) is 0 Å². The quantitative estimate of drug-likeness (QED) is 0.658. The van der Waals surface area contributed by atoms with Crippen molar-refractivity contribution in [3.8, 4) is 11.5 Å². The van der Waals surface area contributed by atoms with E-state index in [1.807, 2.05) is 25.1 Å². The predicted molar refractivity (Wildman–Crippen MR) is 52.1 cm³/mol. The van der Waals surface area contributed by atoms with E-state index in [9.17, 15) is 0 Å². The maximum atomic E-state index is 5.44. The molecule has 1 aromatic rings. The van der Waals surface area contributed by atoms with Gasteiger partial charge in [0, 0.05) is 0 Å². The molecule has 0 spiro atoms. The van der Waals surface area contributed by atoms with Crippen LogP contribution in [-0.4, -0.2) is 13.7 Å². The fourth-order valence-corrected chi connectivity index (χ4v) is 0.914. The van der Waals surface area contributed by atoms with Crippen molar-refractivity contribution in [1.29, 1.82) is 0 Å². The van der Waals surface area contributed by atoms with Crippen molar-refractivity contribution in [2.75, 3.05) is 13.7 Å². The second-order valence-corrected chi connectivity index (χ2v) is 2.46. The summed E-state index contributed by atoms with van der Waals surface area (Å²) in [4.78, 5) is 0. The van der Waals surface area contributed by atoms with Gasteiger partial charge in [-0.1, -0.05) is 18.2 Å². The SMILES string of the molecule is CC=CCOc1cc[c]cc1OC. The molecule has 0 unspecified atom stereocenters. The van der Waals surface area contributed by atoms with E-state index in [0.717, 1.165) is 5.75 Å². The van der Waals surface area contributed by atoms with E-state index in [2.05, 4.69) is 6.07 Å². The summed E-state index contributed by atoms with van der Waals surface area (Å²) in [5.74, 6) is 1.46. The summed E-state index contributed by atoms with van der Waals surface area (Å²) in [6, 6.07) is 8.31. The van der Waals surface area contributed by atoms with Crippen LogP contribution >= 0.6 is 0 Å². The summed E-state index contributed by atoms with van der Waals surface area (Å²) < 4.78 is 10.5. The number of rotatable bonds is 4. The number of methoxy groups -OCH3 is 1. The van der Waals surface area contributed by atoms with Crippen LogP contribution in [0.15, 0.2) is 30.4 Å². The third-order valence-corrected chi connectivity index (χ3v) is 1.58. The average molecular weight is 177 g/mol. The van der Waals surface area contributed by atoms with E-state index in [0.29, 0.717) is 12.4 Å². The molecular weight excluding hydrogens is 164 g/mol. The Labute approximate surface area is 78.8 Å². The number of ether oxygens (including phenoxy) is 2. The van der Waals surface area contributed by atoms with Gasteiger partial charge in [0.2, 0.25) is 0 Å². The molecule has 2 heteroatoms.